The molecule has 0 saturated heterocycles. The summed E-state index contributed by atoms with van der Waals surface area (Å²) in [5.74, 6) is 0.406. The first-order chi connectivity index (χ1) is 13.0. The van der Waals surface area contributed by atoms with Crippen LogP contribution < -0.4 is 4.74 Å². The number of benzene rings is 2. The Bertz CT molecular complexity index is 910. The molecule has 0 bridgehead atoms. The van der Waals surface area contributed by atoms with Gasteiger partial charge in [0, 0.05) is 19.6 Å². The Kier molecular flexibility index (Phi) is 5.82. The summed E-state index contributed by atoms with van der Waals surface area (Å²) in [6.45, 7) is 2.93. The zero-order chi connectivity index (χ0) is 19.4. The number of hydrogen-bond donors (Lipinski definition) is 0. The van der Waals surface area contributed by atoms with E-state index in [9.17, 15) is 13.2 Å². The first kappa shape index (κ1) is 19.4. The number of amides is 1. The molecule has 1 aliphatic rings. The van der Waals surface area contributed by atoms with Crippen LogP contribution in [0.4, 0.5) is 0 Å². The predicted octanol–water partition coefficient (Wildman–Crippen LogP) is 2.29. The maximum Gasteiger partial charge on any atom is 0.243 e. The number of ether oxygens (including phenoxy) is 1. The summed E-state index contributed by atoms with van der Waals surface area (Å²) in [5, 5.41) is 0. The molecule has 2 aromatic rings. The van der Waals surface area contributed by atoms with Gasteiger partial charge in [-0.1, -0.05) is 31.2 Å². The molecule has 0 spiro atoms. The minimum absolute atomic E-state index is 0.155. The number of carbonyl (C=O) groups is 1. The van der Waals surface area contributed by atoms with Crippen molar-refractivity contribution in [3.63, 3.8) is 0 Å². The zero-order valence-electron chi connectivity index (χ0n) is 15.6. The number of carbonyl (C=O) groups excluding carboxylic acids is 1. The molecule has 0 fully saturated rings. The summed E-state index contributed by atoms with van der Waals surface area (Å²) >= 11 is 0. The quantitative estimate of drug-likeness (QED) is 0.762. The SMILES string of the molecule is CCN(CC(=O)N1CCc2ccccc2C1)S(=O)(=O)c1ccc(OC)cc1. The van der Waals surface area contributed by atoms with Gasteiger partial charge in [0.15, 0.2) is 0 Å². The largest absolute Gasteiger partial charge is 0.497 e. The Morgan fingerprint density at radius 3 is 2.41 bits per heavy atom. The Hall–Kier alpha value is -2.38. The van der Waals surface area contributed by atoms with Gasteiger partial charge in [0.25, 0.3) is 0 Å². The van der Waals surface area contributed by atoms with Gasteiger partial charge in [0.2, 0.25) is 15.9 Å². The van der Waals surface area contributed by atoms with E-state index in [0.717, 1.165) is 12.0 Å². The summed E-state index contributed by atoms with van der Waals surface area (Å²) < 4.78 is 32.1. The molecule has 27 heavy (non-hydrogen) atoms. The van der Waals surface area contributed by atoms with Crippen LogP contribution in [0.2, 0.25) is 0 Å². The van der Waals surface area contributed by atoms with Gasteiger partial charge in [-0.3, -0.25) is 4.79 Å². The van der Waals surface area contributed by atoms with Crippen molar-refractivity contribution < 1.29 is 17.9 Å². The van der Waals surface area contributed by atoms with Crippen LogP contribution in [-0.2, 0) is 27.8 Å². The van der Waals surface area contributed by atoms with Crippen molar-refractivity contribution in [3.05, 3.63) is 59.7 Å². The molecular formula is C20H24N2O4S. The number of likely N-dealkylation sites (N-methyl/N-ethyl adjacent to an activating group) is 1. The molecule has 6 nitrogen and oxygen atoms in total. The van der Waals surface area contributed by atoms with Crippen molar-refractivity contribution in [2.24, 2.45) is 0 Å². The fraction of sp³-hybridized carbons (Fsp3) is 0.350. The summed E-state index contributed by atoms with van der Waals surface area (Å²) in [6, 6.07) is 14.2. The highest BCUT2D eigenvalue weighted by Crippen LogP contribution is 2.21. The van der Waals surface area contributed by atoms with Gasteiger partial charge in [-0.05, 0) is 41.8 Å². The number of nitrogens with zero attached hydrogens (tertiary/aromatic N) is 2. The molecule has 144 valence electrons. The molecule has 0 aromatic heterocycles. The van der Waals surface area contributed by atoms with Gasteiger partial charge >= 0.3 is 0 Å². The number of fused-ring (bicyclic) bond motifs is 1. The lowest BCUT2D eigenvalue weighted by Gasteiger charge is -2.30. The number of methoxy groups -OCH3 is 1. The maximum atomic E-state index is 12.9. The van der Waals surface area contributed by atoms with Gasteiger partial charge in [0.05, 0.1) is 18.6 Å². The Labute approximate surface area is 160 Å². The molecule has 0 unspecified atom stereocenters. The van der Waals surface area contributed by atoms with Crippen LogP contribution in [-0.4, -0.2) is 50.3 Å². The van der Waals surface area contributed by atoms with E-state index in [1.165, 1.54) is 29.1 Å². The fourth-order valence-corrected chi connectivity index (χ4v) is 4.62. The van der Waals surface area contributed by atoms with Crippen molar-refractivity contribution in [2.75, 3.05) is 26.7 Å². The van der Waals surface area contributed by atoms with Crippen molar-refractivity contribution in [1.29, 1.82) is 0 Å². The lowest BCUT2D eigenvalue weighted by atomic mass is 10.00. The molecule has 1 heterocycles. The molecule has 0 N–H and O–H groups in total. The Balaban J connectivity index is 1.73. The summed E-state index contributed by atoms with van der Waals surface area (Å²) in [5.41, 5.74) is 2.37. The Morgan fingerprint density at radius 1 is 1.11 bits per heavy atom. The fourth-order valence-electron chi connectivity index (χ4n) is 3.22. The second-order valence-electron chi connectivity index (χ2n) is 6.44. The lowest BCUT2D eigenvalue weighted by Crippen LogP contribution is -2.44. The van der Waals surface area contributed by atoms with E-state index in [1.807, 2.05) is 18.2 Å². The monoisotopic (exact) mass is 388 g/mol. The van der Waals surface area contributed by atoms with Gasteiger partial charge in [-0.2, -0.15) is 4.31 Å². The first-order valence-electron chi connectivity index (χ1n) is 8.94. The van der Waals surface area contributed by atoms with Crippen LogP contribution in [0.25, 0.3) is 0 Å². The van der Waals surface area contributed by atoms with E-state index in [-0.39, 0.29) is 23.9 Å². The molecule has 2 aromatic carbocycles. The molecule has 1 amide bonds. The van der Waals surface area contributed by atoms with Crippen LogP contribution in [0, 0.1) is 0 Å². The number of hydrogen-bond acceptors (Lipinski definition) is 4. The minimum Gasteiger partial charge on any atom is -0.497 e. The highest BCUT2D eigenvalue weighted by atomic mass is 32.2. The van der Waals surface area contributed by atoms with E-state index in [2.05, 4.69) is 6.07 Å². The van der Waals surface area contributed by atoms with Gasteiger partial charge < -0.3 is 9.64 Å². The number of sulfonamides is 1. The predicted molar refractivity (Wildman–Crippen MR) is 103 cm³/mol. The van der Waals surface area contributed by atoms with E-state index in [4.69, 9.17) is 4.74 Å². The maximum absolute atomic E-state index is 12.9. The smallest absolute Gasteiger partial charge is 0.243 e. The van der Waals surface area contributed by atoms with Crippen LogP contribution >= 0.6 is 0 Å². The molecule has 0 radical (unpaired) electrons. The van der Waals surface area contributed by atoms with Crippen LogP contribution in [0.15, 0.2) is 53.4 Å². The molecule has 1 aliphatic heterocycles. The average molecular weight is 388 g/mol. The minimum atomic E-state index is -3.74. The standard InChI is InChI=1S/C20H24N2O4S/c1-3-22(27(24,25)19-10-8-18(26-2)9-11-19)15-20(23)21-13-12-16-6-4-5-7-17(16)14-21/h4-11H,3,12-15H2,1-2H3. The highest BCUT2D eigenvalue weighted by molar-refractivity contribution is 7.89. The molecule has 0 atom stereocenters. The Morgan fingerprint density at radius 2 is 1.78 bits per heavy atom. The second kappa shape index (κ2) is 8.10. The molecule has 0 saturated carbocycles. The highest BCUT2D eigenvalue weighted by Gasteiger charge is 2.28. The van der Waals surface area contributed by atoms with Gasteiger partial charge in [0.1, 0.15) is 5.75 Å². The zero-order valence-corrected chi connectivity index (χ0v) is 16.4. The van der Waals surface area contributed by atoms with Crippen molar-refractivity contribution >= 4 is 15.9 Å². The van der Waals surface area contributed by atoms with E-state index >= 15 is 0 Å². The molecule has 3 rings (SSSR count). The van der Waals surface area contributed by atoms with Crippen molar-refractivity contribution in [2.45, 2.75) is 24.8 Å². The van der Waals surface area contributed by atoms with Gasteiger partial charge in [-0.15, -0.1) is 0 Å². The third-order valence-electron chi connectivity index (χ3n) is 4.84. The van der Waals surface area contributed by atoms with E-state index in [1.54, 1.807) is 24.0 Å². The number of rotatable bonds is 6. The van der Waals surface area contributed by atoms with Crippen LogP contribution in [0.5, 0.6) is 5.75 Å². The summed E-state index contributed by atoms with van der Waals surface area (Å²) in [7, 11) is -2.21. The molecule has 7 heteroatoms. The van der Waals surface area contributed by atoms with E-state index < -0.39 is 10.0 Å². The molecule has 0 aliphatic carbocycles. The molecular weight excluding hydrogens is 364 g/mol. The third kappa shape index (κ3) is 4.14. The normalized spacial score (nSPS) is 14.1. The topological polar surface area (TPSA) is 66.9 Å². The van der Waals surface area contributed by atoms with Gasteiger partial charge in [-0.25, -0.2) is 8.42 Å². The second-order valence-corrected chi connectivity index (χ2v) is 8.38. The lowest BCUT2D eigenvalue weighted by molar-refractivity contribution is -0.132. The van der Waals surface area contributed by atoms with Crippen LogP contribution in [0.3, 0.4) is 0 Å². The average Bonchev–Trinajstić information content (AvgIpc) is 2.71. The van der Waals surface area contributed by atoms with E-state index in [0.29, 0.717) is 18.8 Å². The van der Waals surface area contributed by atoms with Crippen molar-refractivity contribution in [1.82, 2.24) is 9.21 Å². The van der Waals surface area contributed by atoms with Crippen LogP contribution in [0.1, 0.15) is 18.1 Å². The summed E-state index contributed by atoms with van der Waals surface area (Å²) in [6.07, 6.45) is 0.791. The summed E-state index contributed by atoms with van der Waals surface area (Å²) in [4.78, 5) is 14.6. The van der Waals surface area contributed by atoms with Crippen molar-refractivity contribution in [3.8, 4) is 5.75 Å². The third-order valence-corrected chi connectivity index (χ3v) is 6.78. The first-order valence-corrected chi connectivity index (χ1v) is 10.4.